The van der Waals surface area contributed by atoms with Crippen LogP contribution in [-0.4, -0.2) is 5.33 Å². The lowest BCUT2D eigenvalue weighted by atomic mass is 10.0. The van der Waals surface area contributed by atoms with E-state index in [9.17, 15) is 0 Å². The fourth-order valence-corrected chi connectivity index (χ4v) is 1.78. The second-order valence-corrected chi connectivity index (χ2v) is 3.64. The van der Waals surface area contributed by atoms with Crippen molar-refractivity contribution in [2.75, 3.05) is 5.33 Å². The molecule has 0 fully saturated rings. The first-order valence-electron chi connectivity index (χ1n) is 3.66. The van der Waals surface area contributed by atoms with E-state index < -0.39 is 0 Å². The Morgan fingerprint density at radius 2 is 2.25 bits per heavy atom. The van der Waals surface area contributed by atoms with Gasteiger partial charge in [-0.25, -0.2) is 0 Å². The van der Waals surface area contributed by atoms with Crippen molar-refractivity contribution in [1.29, 1.82) is 0 Å². The molecule has 2 heteroatoms. The molecule has 0 aliphatic carbocycles. The summed E-state index contributed by atoms with van der Waals surface area (Å²) in [5, 5.41) is 1.54. The molecule has 1 aromatic rings. The number of allylic oxidation sites excluding steroid dienone is 1. The third-order valence-corrected chi connectivity index (χ3v) is 2.73. The zero-order valence-electron chi connectivity index (χ0n) is 6.90. The Balaban J connectivity index is 3.21. The molecule has 0 amide bonds. The maximum atomic E-state index is 6.02. The van der Waals surface area contributed by atoms with Crippen LogP contribution in [-0.2, 0) is 0 Å². The summed E-state index contributed by atoms with van der Waals surface area (Å²) in [5.41, 5.74) is 3.26. The lowest BCUT2D eigenvalue weighted by Crippen LogP contribution is -1.89. The quantitative estimate of drug-likeness (QED) is 0.690. The first-order chi connectivity index (χ1) is 5.66. The van der Waals surface area contributed by atoms with Crippen LogP contribution in [0.1, 0.15) is 11.1 Å². The Morgan fingerprint density at radius 3 is 2.75 bits per heavy atom. The highest BCUT2D eigenvalue weighted by molar-refractivity contribution is 9.09. The first-order valence-corrected chi connectivity index (χ1v) is 5.16. The summed E-state index contributed by atoms with van der Waals surface area (Å²) in [5.74, 6) is 0. The average Bonchev–Trinajstić information content (AvgIpc) is 2.03. The molecule has 0 aliphatic heterocycles. The molecule has 0 spiro atoms. The molecular weight excluding hydrogens is 235 g/mol. The van der Waals surface area contributed by atoms with E-state index in [4.69, 9.17) is 11.6 Å². The monoisotopic (exact) mass is 244 g/mol. The third kappa shape index (κ3) is 1.90. The number of benzene rings is 1. The fraction of sp³-hybridized carbons (Fsp3) is 0.200. The van der Waals surface area contributed by atoms with Gasteiger partial charge in [-0.2, -0.15) is 0 Å². The van der Waals surface area contributed by atoms with Gasteiger partial charge in [0.2, 0.25) is 0 Å². The molecule has 0 nitrogen and oxygen atoms in total. The van der Waals surface area contributed by atoms with Crippen molar-refractivity contribution >= 4 is 33.1 Å². The van der Waals surface area contributed by atoms with E-state index >= 15 is 0 Å². The molecule has 0 aliphatic rings. The highest BCUT2D eigenvalue weighted by Gasteiger charge is 2.05. The molecule has 0 heterocycles. The fourth-order valence-electron chi connectivity index (χ4n) is 1.15. The van der Waals surface area contributed by atoms with Crippen molar-refractivity contribution in [3.05, 3.63) is 40.9 Å². The van der Waals surface area contributed by atoms with Gasteiger partial charge in [-0.3, -0.25) is 0 Å². The normalized spacial score (nSPS) is 9.92. The van der Waals surface area contributed by atoms with Gasteiger partial charge in [-0.1, -0.05) is 46.2 Å². The van der Waals surface area contributed by atoms with E-state index in [1.54, 1.807) is 0 Å². The van der Waals surface area contributed by atoms with Gasteiger partial charge >= 0.3 is 0 Å². The Bertz CT molecular complexity index is 284. The van der Waals surface area contributed by atoms with Crippen molar-refractivity contribution in [3.8, 4) is 0 Å². The molecule has 0 unspecified atom stereocenters. The van der Waals surface area contributed by atoms with Gasteiger partial charge in [0.05, 0.1) is 0 Å². The zero-order valence-corrected chi connectivity index (χ0v) is 9.24. The van der Waals surface area contributed by atoms with Crippen LogP contribution in [0.5, 0.6) is 0 Å². The molecule has 1 rings (SSSR count). The molecule has 0 atom stereocenters. The number of hydrogen-bond donors (Lipinski definition) is 0. The number of alkyl halides is 1. The van der Waals surface area contributed by atoms with Gasteiger partial charge in [0.1, 0.15) is 0 Å². The van der Waals surface area contributed by atoms with Gasteiger partial charge in [-0.15, -0.1) is 0 Å². The van der Waals surface area contributed by atoms with Crippen molar-refractivity contribution in [2.45, 2.75) is 6.92 Å². The van der Waals surface area contributed by atoms with Crippen LogP contribution in [0.15, 0.2) is 24.8 Å². The van der Waals surface area contributed by atoms with Crippen molar-refractivity contribution in [2.24, 2.45) is 0 Å². The van der Waals surface area contributed by atoms with Crippen LogP contribution in [0.4, 0.5) is 0 Å². The lowest BCUT2D eigenvalue weighted by molar-refractivity contribution is 1.42. The van der Waals surface area contributed by atoms with Crippen LogP contribution in [0.3, 0.4) is 0 Å². The SMILES string of the molecule is C=C(CBr)c1c(C)cccc1Cl. The summed E-state index contributed by atoms with van der Waals surface area (Å²) < 4.78 is 0. The summed E-state index contributed by atoms with van der Waals surface area (Å²) in [6, 6.07) is 5.87. The average molecular weight is 246 g/mol. The van der Waals surface area contributed by atoms with Gasteiger partial charge in [0.15, 0.2) is 0 Å². The maximum Gasteiger partial charge on any atom is 0.0483 e. The van der Waals surface area contributed by atoms with Gasteiger partial charge in [0.25, 0.3) is 0 Å². The number of halogens is 2. The largest absolute Gasteiger partial charge is 0.0943 e. The molecular formula is C10H10BrCl. The second kappa shape index (κ2) is 4.11. The highest BCUT2D eigenvalue weighted by atomic mass is 79.9. The Morgan fingerprint density at radius 1 is 1.58 bits per heavy atom. The smallest absolute Gasteiger partial charge is 0.0483 e. The summed E-state index contributed by atoms with van der Waals surface area (Å²) in [6.45, 7) is 5.97. The van der Waals surface area contributed by atoms with Crippen LogP contribution in [0.2, 0.25) is 5.02 Å². The van der Waals surface area contributed by atoms with Crippen LogP contribution < -0.4 is 0 Å². The van der Waals surface area contributed by atoms with E-state index in [-0.39, 0.29) is 0 Å². The summed E-state index contributed by atoms with van der Waals surface area (Å²) in [4.78, 5) is 0. The minimum absolute atomic E-state index is 0.761. The minimum atomic E-state index is 0.761. The van der Waals surface area contributed by atoms with E-state index in [0.29, 0.717) is 0 Å². The van der Waals surface area contributed by atoms with Gasteiger partial charge in [0, 0.05) is 10.4 Å². The van der Waals surface area contributed by atoms with Crippen LogP contribution >= 0.6 is 27.5 Å². The minimum Gasteiger partial charge on any atom is -0.0943 e. The Hall–Kier alpha value is -0.270. The number of rotatable bonds is 2. The van der Waals surface area contributed by atoms with Crippen molar-refractivity contribution in [3.63, 3.8) is 0 Å². The topological polar surface area (TPSA) is 0 Å². The second-order valence-electron chi connectivity index (χ2n) is 2.67. The van der Waals surface area contributed by atoms with E-state index in [1.807, 2.05) is 25.1 Å². The molecule has 0 bridgehead atoms. The standard InChI is InChI=1S/C10H10BrCl/c1-7-4-3-5-9(12)10(7)8(2)6-11/h3-5H,2,6H2,1H3. The molecule has 0 N–H and O–H groups in total. The Kier molecular flexibility index (Phi) is 3.36. The van der Waals surface area contributed by atoms with E-state index in [0.717, 1.165) is 21.5 Å². The van der Waals surface area contributed by atoms with Gasteiger partial charge < -0.3 is 0 Å². The van der Waals surface area contributed by atoms with Crippen molar-refractivity contribution < 1.29 is 0 Å². The van der Waals surface area contributed by atoms with E-state index in [1.165, 1.54) is 5.56 Å². The molecule has 64 valence electrons. The summed E-state index contributed by atoms with van der Waals surface area (Å²) in [6.07, 6.45) is 0. The molecule has 0 radical (unpaired) electrons. The molecule has 1 aromatic carbocycles. The predicted octanol–water partition coefficient (Wildman–Crippen LogP) is 4.06. The molecule has 0 aromatic heterocycles. The van der Waals surface area contributed by atoms with Crippen molar-refractivity contribution in [1.82, 2.24) is 0 Å². The van der Waals surface area contributed by atoms with Gasteiger partial charge in [-0.05, 0) is 29.7 Å². The maximum absolute atomic E-state index is 6.02. The molecule has 0 saturated heterocycles. The predicted molar refractivity (Wildman–Crippen MR) is 59.0 cm³/mol. The molecule has 12 heavy (non-hydrogen) atoms. The highest BCUT2D eigenvalue weighted by Crippen LogP contribution is 2.26. The summed E-state index contributed by atoms with van der Waals surface area (Å²) >= 11 is 9.38. The third-order valence-electron chi connectivity index (χ3n) is 1.74. The Labute approximate surface area is 86.4 Å². The number of hydrogen-bond acceptors (Lipinski definition) is 0. The zero-order chi connectivity index (χ0) is 9.14. The van der Waals surface area contributed by atoms with Crippen LogP contribution in [0, 0.1) is 6.92 Å². The summed E-state index contributed by atoms with van der Waals surface area (Å²) in [7, 11) is 0. The van der Waals surface area contributed by atoms with E-state index in [2.05, 4.69) is 22.5 Å². The molecule has 0 saturated carbocycles. The number of aryl methyl sites for hydroxylation is 1. The van der Waals surface area contributed by atoms with Crippen LogP contribution in [0.25, 0.3) is 5.57 Å². The lowest BCUT2D eigenvalue weighted by Gasteiger charge is -2.08. The first kappa shape index (κ1) is 9.82.